The van der Waals surface area contributed by atoms with Gasteiger partial charge >= 0.3 is 0 Å². The van der Waals surface area contributed by atoms with Crippen LogP contribution < -0.4 is 5.73 Å². The summed E-state index contributed by atoms with van der Waals surface area (Å²) in [4.78, 5) is 11.8. The number of Topliss-reactive ketones (excluding diaryl/α,β-unsaturated/α-hetero) is 1. The Morgan fingerprint density at radius 1 is 1.44 bits per heavy atom. The lowest BCUT2D eigenvalue weighted by Gasteiger charge is -2.09. The first-order valence-electron chi connectivity index (χ1n) is 5.61. The van der Waals surface area contributed by atoms with E-state index in [0.29, 0.717) is 12.1 Å². The summed E-state index contributed by atoms with van der Waals surface area (Å²) in [5.41, 5.74) is 5.86. The molecule has 0 saturated heterocycles. The molecule has 0 fully saturated rings. The lowest BCUT2D eigenvalue weighted by atomic mass is 9.95. The van der Waals surface area contributed by atoms with Gasteiger partial charge in [0.1, 0.15) is 11.6 Å². The number of benzene rings is 1. The van der Waals surface area contributed by atoms with Crippen molar-refractivity contribution < 1.29 is 9.18 Å². The van der Waals surface area contributed by atoms with Crippen LogP contribution in [0, 0.1) is 11.7 Å². The zero-order valence-corrected chi connectivity index (χ0v) is 9.58. The van der Waals surface area contributed by atoms with E-state index in [1.54, 1.807) is 18.2 Å². The third-order valence-corrected chi connectivity index (χ3v) is 2.71. The lowest BCUT2D eigenvalue weighted by molar-refractivity contribution is -0.121. The van der Waals surface area contributed by atoms with Crippen LogP contribution in [0.2, 0.25) is 0 Å². The fourth-order valence-electron chi connectivity index (χ4n) is 1.59. The van der Waals surface area contributed by atoms with E-state index in [1.807, 2.05) is 6.92 Å². The zero-order valence-electron chi connectivity index (χ0n) is 9.58. The van der Waals surface area contributed by atoms with Gasteiger partial charge < -0.3 is 5.73 Å². The van der Waals surface area contributed by atoms with Gasteiger partial charge in [0.25, 0.3) is 0 Å². The second-order valence-corrected chi connectivity index (χ2v) is 4.07. The van der Waals surface area contributed by atoms with Crippen LogP contribution in [0.3, 0.4) is 0 Å². The van der Waals surface area contributed by atoms with Gasteiger partial charge in [-0.2, -0.15) is 0 Å². The minimum Gasteiger partial charge on any atom is -0.330 e. The molecule has 1 aromatic rings. The quantitative estimate of drug-likeness (QED) is 0.804. The first kappa shape index (κ1) is 12.8. The average Bonchev–Trinajstić information content (AvgIpc) is 2.28. The molecule has 0 aliphatic heterocycles. The van der Waals surface area contributed by atoms with Crippen LogP contribution >= 0.6 is 0 Å². The molecule has 1 aromatic carbocycles. The molecule has 0 amide bonds. The van der Waals surface area contributed by atoms with Gasteiger partial charge in [0.15, 0.2) is 0 Å². The van der Waals surface area contributed by atoms with Gasteiger partial charge in [-0.1, -0.05) is 25.1 Å². The van der Waals surface area contributed by atoms with Crippen molar-refractivity contribution in [2.75, 3.05) is 6.54 Å². The number of halogens is 1. The third-order valence-electron chi connectivity index (χ3n) is 2.71. The number of carbonyl (C=O) groups is 1. The smallest absolute Gasteiger partial charge is 0.140 e. The molecule has 88 valence electrons. The first-order valence-corrected chi connectivity index (χ1v) is 5.61. The van der Waals surface area contributed by atoms with E-state index < -0.39 is 0 Å². The van der Waals surface area contributed by atoms with Gasteiger partial charge in [0.05, 0.1) is 0 Å². The summed E-state index contributed by atoms with van der Waals surface area (Å²) in [6, 6.07) is 6.41. The van der Waals surface area contributed by atoms with Crippen LogP contribution in [0.15, 0.2) is 24.3 Å². The highest BCUT2D eigenvalue weighted by atomic mass is 19.1. The normalized spacial score (nSPS) is 12.4. The number of nitrogens with two attached hydrogens (primary N) is 1. The maximum Gasteiger partial charge on any atom is 0.140 e. The number of hydrogen-bond donors (Lipinski definition) is 1. The largest absolute Gasteiger partial charge is 0.330 e. The Morgan fingerprint density at radius 2 is 2.12 bits per heavy atom. The van der Waals surface area contributed by atoms with Crippen molar-refractivity contribution in [2.45, 2.75) is 26.2 Å². The SMILES string of the molecule is CC(CCCN)C(=O)Cc1ccccc1F. The molecule has 0 aromatic heterocycles. The molecule has 0 aliphatic carbocycles. The Labute approximate surface area is 95.7 Å². The second-order valence-electron chi connectivity index (χ2n) is 4.07. The fraction of sp³-hybridized carbons (Fsp3) is 0.462. The van der Waals surface area contributed by atoms with Gasteiger partial charge in [0, 0.05) is 12.3 Å². The molecule has 1 atom stereocenters. The monoisotopic (exact) mass is 223 g/mol. The van der Waals surface area contributed by atoms with Crippen molar-refractivity contribution in [3.05, 3.63) is 35.6 Å². The standard InChI is InChI=1S/C13H18FNO/c1-10(5-4-8-15)13(16)9-11-6-2-3-7-12(11)14/h2-3,6-7,10H,4-5,8-9,15H2,1H3. The third kappa shape index (κ3) is 3.74. The van der Waals surface area contributed by atoms with Crippen molar-refractivity contribution >= 4 is 5.78 Å². The van der Waals surface area contributed by atoms with Crippen LogP contribution in [-0.2, 0) is 11.2 Å². The molecule has 3 heteroatoms. The Hall–Kier alpha value is -1.22. The fourth-order valence-corrected chi connectivity index (χ4v) is 1.59. The molecule has 0 heterocycles. The van der Waals surface area contributed by atoms with E-state index >= 15 is 0 Å². The molecule has 16 heavy (non-hydrogen) atoms. The van der Waals surface area contributed by atoms with E-state index in [0.717, 1.165) is 12.8 Å². The van der Waals surface area contributed by atoms with Crippen molar-refractivity contribution in [2.24, 2.45) is 11.7 Å². The van der Waals surface area contributed by atoms with Crippen molar-refractivity contribution in [1.82, 2.24) is 0 Å². The highest BCUT2D eigenvalue weighted by Crippen LogP contribution is 2.13. The Kier molecular flexibility index (Phi) is 5.12. The average molecular weight is 223 g/mol. The van der Waals surface area contributed by atoms with E-state index in [4.69, 9.17) is 5.73 Å². The minimum atomic E-state index is -0.304. The van der Waals surface area contributed by atoms with Crippen LogP contribution in [0.4, 0.5) is 4.39 Å². The van der Waals surface area contributed by atoms with Gasteiger partial charge in [-0.25, -0.2) is 4.39 Å². The van der Waals surface area contributed by atoms with Crippen molar-refractivity contribution in [3.8, 4) is 0 Å². The topological polar surface area (TPSA) is 43.1 Å². The summed E-state index contributed by atoms with van der Waals surface area (Å²) in [5, 5.41) is 0. The maximum absolute atomic E-state index is 13.3. The summed E-state index contributed by atoms with van der Waals surface area (Å²) in [7, 11) is 0. The van der Waals surface area contributed by atoms with Crippen LogP contribution in [0.25, 0.3) is 0 Å². The van der Waals surface area contributed by atoms with Crippen molar-refractivity contribution in [3.63, 3.8) is 0 Å². The zero-order chi connectivity index (χ0) is 12.0. The summed E-state index contributed by atoms with van der Waals surface area (Å²) in [6.45, 7) is 2.47. The predicted octanol–water partition coefficient (Wildman–Crippen LogP) is 2.31. The number of carbonyl (C=O) groups excluding carboxylic acids is 1. The van der Waals surface area contributed by atoms with E-state index in [1.165, 1.54) is 6.07 Å². The summed E-state index contributed by atoms with van der Waals surface area (Å²) >= 11 is 0. The van der Waals surface area contributed by atoms with Crippen LogP contribution in [0.1, 0.15) is 25.3 Å². The Balaban J connectivity index is 2.54. The van der Waals surface area contributed by atoms with Crippen LogP contribution in [0.5, 0.6) is 0 Å². The molecule has 0 radical (unpaired) electrons. The van der Waals surface area contributed by atoms with Gasteiger partial charge in [-0.05, 0) is 31.0 Å². The second kappa shape index (κ2) is 6.38. The van der Waals surface area contributed by atoms with E-state index in [2.05, 4.69) is 0 Å². The van der Waals surface area contributed by atoms with Crippen LogP contribution in [-0.4, -0.2) is 12.3 Å². The number of hydrogen-bond acceptors (Lipinski definition) is 2. The Bertz CT molecular complexity index is 352. The summed E-state index contributed by atoms with van der Waals surface area (Å²) in [6.07, 6.45) is 1.80. The molecule has 1 rings (SSSR count). The van der Waals surface area contributed by atoms with E-state index in [-0.39, 0.29) is 23.9 Å². The lowest BCUT2D eigenvalue weighted by Crippen LogP contribution is -2.15. The van der Waals surface area contributed by atoms with Crippen molar-refractivity contribution in [1.29, 1.82) is 0 Å². The molecule has 0 bridgehead atoms. The predicted molar refractivity (Wildman–Crippen MR) is 62.6 cm³/mol. The Morgan fingerprint density at radius 3 is 2.75 bits per heavy atom. The maximum atomic E-state index is 13.3. The molecular formula is C13H18FNO. The molecular weight excluding hydrogens is 205 g/mol. The molecule has 0 saturated carbocycles. The highest BCUT2D eigenvalue weighted by molar-refractivity contribution is 5.82. The van der Waals surface area contributed by atoms with Gasteiger partial charge in [-0.3, -0.25) is 4.79 Å². The van der Waals surface area contributed by atoms with Gasteiger partial charge in [-0.15, -0.1) is 0 Å². The van der Waals surface area contributed by atoms with E-state index in [9.17, 15) is 9.18 Å². The number of ketones is 1. The minimum absolute atomic E-state index is 0.0387. The van der Waals surface area contributed by atoms with Gasteiger partial charge in [0.2, 0.25) is 0 Å². The first-order chi connectivity index (χ1) is 7.65. The molecule has 0 aliphatic rings. The molecule has 1 unspecified atom stereocenters. The summed E-state index contributed by atoms with van der Waals surface area (Å²) in [5.74, 6) is -0.261. The molecule has 2 nitrogen and oxygen atoms in total. The molecule has 0 spiro atoms. The highest BCUT2D eigenvalue weighted by Gasteiger charge is 2.14. The summed E-state index contributed by atoms with van der Waals surface area (Å²) < 4.78 is 13.3. The number of rotatable bonds is 6. The molecule has 2 N–H and O–H groups in total.